The Morgan fingerprint density at radius 2 is 1.85 bits per heavy atom. The number of fused-ring (bicyclic) bond motifs is 3. The Morgan fingerprint density at radius 1 is 1.06 bits per heavy atom. The summed E-state index contributed by atoms with van der Waals surface area (Å²) in [4.78, 5) is 23.2. The van der Waals surface area contributed by atoms with E-state index in [-0.39, 0.29) is 34.2 Å². The van der Waals surface area contributed by atoms with Gasteiger partial charge < -0.3 is 10.1 Å². The van der Waals surface area contributed by atoms with Crippen LogP contribution in [0.2, 0.25) is 10.0 Å². The van der Waals surface area contributed by atoms with E-state index in [0.29, 0.717) is 10.8 Å². The minimum absolute atomic E-state index is 0.0135. The largest absolute Gasteiger partial charge is 0.423 e. The van der Waals surface area contributed by atoms with Crippen molar-refractivity contribution in [2.45, 2.75) is 18.4 Å². The van der Waals surface area contributed by atoms with Gasteiger partial charge in [0.25, 0.3) is 5.69 Å². The van der Waals surface area contributed by atoms with Gasteiger partial charge in [-0.15, -0.1) is 0 Å². The van der Waals surface area contributed by atoms with Gasteiger partial charge in [-0.3, -0.25) is 10.1 Å². The molecule has 8 heteroatoms. The molecular formula is C25H18Cl2N2O4. The highest BCUT2D eigenvalue weighted by Crippen LogP contribution is 2.50. The number of non-ortho nitro benzene ring substituents is 1. The monoisotopic (exact) mass is 480 g/mol. The first-order valence-electron chi connectivity index (χ1n) is 10.4. The molecule has 166 valence electrons. The highest BCUT2D eigenvalue weighted by atomic mass is 35.5. The van der Waals surface area contributed by atoms with Gasteiger partial charge in [0, 0.05) is 28.8 Å². The Morgan fingerprint density at radius 3 is 2.58 bits per heavy atom. The molecule has 2 aliphatic rings. The lowest BCUT2D eigenvalue weighted by molar-refractivity contribution is -0.384. The van der Waals surface area contributed by atoms with E-state index in [0.717, 1.165) is 23.2 Å². The van der Waals surface area contributed by atoms with Crippen LogP contribution in [0.5, 0.6) is 5.75 Å². The van der Waals surface area contributed by atoms with Gasteiger partial charge in [0.2, 0.25) is 0 Å². The van der Waals surface area contributed by atoms with Crippen molar-refractivity contribution in [2.75, 3.05) is 5.32 Å². The second kappa shape index (κ2) is 8.54. The van der Waals surface area contributed by atoms with E-state index in [2.05, 4.69) is 17.5 Å². The number of nitrogens with zero attached hydrogens (tertiary/aromatic N) is 1. The first-order chi connectivity index (χ1) is 15.9. The van der Waals surface area contributed by atoms with Gasteiger partial charge in [-0.25, -0.2) is 4.79 Å². The molecule has 1 N–H and O–H groups in total. The second-order valence-corrected chi connectivity index (χ2v) is 8.93. The Labute approximate surface area is 199 Å². The van der Waals surface area contributed by atoms with Crippen molar-refractivity contribution in [3.8, 4) is 5.75 Å². The lowest BCUT2D eigenvalue weighted by atomic mass is 9.77. The van der Waals surface area contributed by atoms with Crippen molar-refractivity contribution in [1.82, 2.24) is 0 Å². The molecule has 3 atom stereocenters. The maximum Gasteiger partial charge on any atom is 0.345 e. The number of carbonyl (C=O) groups is 1. The maximum absolute atomic E-state index is 12.6. The van der Waals surface area contributed by atoms with Crippen LogP contribution in [-0.2, 0) is 0 Å². The van der Waals surface area contributed by atoms with Crippen molar-refractivity contribution in [1.29, 1.82) is 0 Å². The average Bonchev–Trinajstić information content (AvgIpc) is 3.29. The van der Waals surface area contributed by atoms with E-state index in [1.165, 1.54) is 24.3 Å². The van der Waals surface area contributed by atoms with Crippen molar-refractivity contribution < 1.29 is 14.5 Å². The molecule has 3 aromatic carbocycles. The molecule has 0 spiro atoms. The molecule has 6 nitrogen and oxygen atoms in total. The van der Waals surface area contributed by atoms with Crippen LogP contribution >= 0.6 is 23.2 Å². The van der Waals surface area contributed by atoms with Gasteiger partial charge >= 0.3 is 5.97 Å². The van der Waals surface area contributed by atoms with Gasteiger partial charge in [0.15, 0.2) is 0 Å². The first-order valence-corrected chi connectivity index (χ1v) is 11.1. The third-order valence-corrected chi connectivity index (χ3v) is 6.71. The number of benzene rings is 3. The Balaban J connectivity index is 1.41. The summed E-state index contributed by atoms with van der Waals surface area (Å²) in [5, 5.41) is 15.2. The second-order valence-electron chi connectivity index (χ2n) is 8.09. The van der Waals surface area contributed by atoms with E-state index in [4.69, 9.17) is 27.9 Å². The topological polar surface area (TPSA) is 81.5 Å². The van der Waals surface area contributed by atoms with E-state index in [1.54, 1.807) is 12.1 Å². The van der Waals surface area contributed by atoms with Gasteiger partial charge in [-0.1, -0.05) is 47.5 Å². The summed E-state index contributed by atoms with van der Waals surface area (Å²) in [6.45, 7) is 0. The molecular weight excluding hydrogens is 463 g/mol. The molecule has 0 saturated heterocycles. The summed E-state index contributed by atoms with van der Waals surface area (Å²) in [5.74, 6) is 0.261. The summed E-state index contributed by atoms with van der Waals surface area (Å²) in [5.41, 5.74) is 3.30. The fourth-order valence-corrected chi connectivity index (χ4v) is 5.07. The number of carbonyl (C=O) groups excluding carboxylic acids is 1. The van der Waals surface area contributed by atoms with Crippen LogP contribution in [0.25, 0.3) is 0 Å². The molecule has 1 aliphatic carbocycles. The Hall–Kier alpha value is -3.35. The molecule has 0 fully saturated rings. The Kier molecular flexibility index (Phi) is 5.56. The number of allylic oxidation sites excluding steroid dienone is 2. The third-order valence-electron chi connectivity index (χ3n) is 6.16. The number of hydrogen-bond donors (Lipinski definition) is 1. The minimum atomic E-state index is -0.553. The first kappa shape index (κ1) is 21.5. The van der Waals surface area contributed by atoms with Crippen LogP contribution < -0.4 is 10.1 Å². The molecule has 3 aromatic rings. The molecule has 1 aliphatic heterocycles. The third kappa shape index (κ3) is 4.08. The zero-order valence-electron chi connectivity index (χ0n) is 17.2. The minimum Gasteiger partial charge on any atom is -0.423 e. The van der Waals surface area contributed by atoms with Crippen molar-refractivity contribution >= 4 is 40.5 Å². The number of halogens is 2. The molecule has 0 radical (unpaired) electrons. The highest BCUT2D eigenvalue weighted by Gasteiger charge is 2.38. The summed E-state index contributed by atoms with van der Waals surface area (Å²) >= 11 is 12.0. The molecule has 0 aromatic heterocycles. The van der Waals surface area contributed by atoms with Crippen LogP contribution in [0.3, 0.4) is 0 Å². The van der Waals surface area contributed by atoms with Gasteiger partial charge in [-0.05, 0) is 59.9 Å². The molecule has 33 heavy (non-hydrogen) atoms. The number of rotatable bonds is 4. The molecule has 5 rings (SSSR count). The van der Waals surface area contributed by atoms with Crippen molar-refractivity contribution in [3.05, 3.63) is 110 Å². The van der Waals surface area contributed by atoms with Crippen molar-refractivity contribution in [2.24, 2.45) is 5.92 Å². The SMILES string of the molecule is O=C(Oc1ccc2c(c1)[C@H]1C=CC[C@@H]1[C@@H](c1ccc([N+](=O)[O-])cc1)N2)c1ccc(Cl)cc1Cl. The fourth-order valence-electron chi connectivity index (χ4n) is 4.59. The van der Waals surface area contributed by atoms with Gasteiger partial charge in [0.1, 0.15) is 5.75 Å². The van der Waals surface area contributed by atoms with Crippen LogP contribution in [0.1, 0.15) is 39.9 Å². The number of ether oxygens (including phenoxy) is 1. The predicted octanol–water partition coefficient (Wildman–Crippen LogP) is 6.95. The van der Waals surface area contributed by atoms with Gasteiger partial charge in [0.05, 0.1) is 21.6 Å². The molecule has 1 heterocycles. The van der Waals surface area contributed by atoms with Crippen LogP contribution in [0.15, 0.2) is 72.8 Å². The lowest BCUT2D eigenvalue weighted by Crippen LogP contribution is -2.29. The number of nitro groups is 1. The quantitative estimate of drug-likeness (QED) is 0.143. The smallest absolute Gasteiger partial charge is 0.345 e. The van der Waals surface area contributed by atoms with Crippen LogP contribution in [-0.4, -0.2) is 10.9 Å². The number of esters is 1. The van der Waals surface area contributed by atoms with E-state index in [1.807, 2.05) is 24.3 Å². The number of nitrogens with one attached hydrogen (secondary N) is 1. The molecule has 0 amide bonds. The summed E-state index contributed by atoms with van der Waals surface area (Å²) in [7, 11) is 0. The van der Waals surface area contributed by atoms with Crippen LogP contribution in [0.4, 0.5) is 11.4 Å². The number of hydrogen-bond acceptors (Lipinski definition) is 5. The summed E-state index contributed by atoms with van der Waals surface area (Å²) < 4.78 is 5.60. The normalized spacial score (nSPS) is 20.5. The zero-order valence-corrected chi connectivity index (χ0v) is 18.7. The molecule has 0 saturated carbocycles. The summed E-state index contributed by atoms with van der Waals surface area (Å²) in [6.07, 6.45) is 5.20. The molecule has 0 bridgehead atoms. The highest BCUT2D eigenvalue weighted by molar-refractivity contribution is 6.36. The van der Waals surface area contributed by atoms with Gasteiger partial charge in [-0.2, -0.15) is 0 Å². The number of nitro benzene ring substituents is 1. The van der Waals surface area contributed by atoms with E-state index in [9.17, 15) is 14.9 Å². The van der Waals surface area contributed by atoms with Crippen LogP contribution in [0, 0.1) is 16.0 Å². The predicted molar refractivity (Wildman–Crippen MR) is 127 cm³/mol. The summed E-state index contributed by atoms with van der Waals surface area (Å²) in [6, 6.07) is 16.8. The molecule has 0 unspecified atom stereocenters. The standard InChI is InChI=1S/C25H18Cl2N2O4/c26-15-6-10-20(22(27)12-15)25(30)33-17-9-11-23-21(13-17)18-2-1-3-19(18)24(28-23)14-4-7-16(8-5-14)29(31)32/h1-2,4-13,18-19,24,28H,3H2/t18-,19-,24+/m0/s1. The lowest BCUT2D eigenvalue weighted by Gasteiger charge is -2.37. The zero-order chi connectivity index (χ0) is 23.1. The number of anilines is 1. The fraction of sp³-hybridized carbons (Fsp3) is 0.160. The average molecular weight is 481 g/mol. The Bertz CT molecular complexity index is 1290. The van der Waals surface area contributed by atoms with Crippen molar-refractivity contribution in [3.63, 3.8) is 0 Å². The van der Waals surface area contributed by atoms with E-state index < -0.39 is 10.9 Å². The van der Waals surface area contributed by atoms with E-state index >= 15 is 0 Å². The maximum atomic E-state index is 12.6.